The highest BCUT2D eigenvalue weighted by Crippen LogP contribution is 2.28. The maximum absolute atomic E-state index is 13.5. The Labute approximate surface area is 196 Å². The van der Waals surface area contributed by atoms with Crippen LogP contribution in [0.3, 0.4) is 0 Å². The van der Waals surface area contributed by atoms with Gasteiger partial charge in [0.15, 0.2) is 0 Å². The summed E-state index contributed by atoms with van der Waals surface area (Å²) >= 11 is 0. The lowest BCUT2D eigenvalue weighted by atomic mass is 9.91. The molecular weight excluding hydrogens is 414 g/mol. The van der Waals surface area contributed by atoms with Crippen molar-refractivity contribution in [3.63, 3.8) is 0 Å². The van der Waals surface area contributed by atoms with Crippen LogP contribution in [0, 0.1) is 12.8 Å². The number of hydrogen-bond donors (Lipinski definition) is 0. The van der Waals surface area contributed by atoms with E-state index in [1.54, 1.807) is 18.0 Å². The summed E-state index contributed by atoms with van der Waals surface area (Å²) in [5, 5.41) is 4.53. The van der Waals surface area contributed by atoms with Crippen LogP contribution in [0.4, 0.5) is 0 Å². The third-order valence-corrected chi connectivity index (χ3v) is 6.53. The van der Waals surface area contributed by atoms with E-state index >= 15 is 0 Å². The first-order valence-electron chi connectivity index (χ1n) is 11.6. The van der Waals surface area contributed by atoms with Crippen molar-refractivity contribution in [1.82, 2.24) is 24.6 Å². The second-order valence-corrected chi connectivity index (χ2v) is 8.65. The zero-order valence-electron chi connectivity index (χ0n) is 20.0. The molecule has 1 fully saturated rings. The van der Waals surface area contributed by atoms with Gasteiger partial charge in [0.2, 0.25) is 11.8 Å². The normalized spacial score (nSPS) is 17.3. The maximum atomic E-state index is 13.5. The number of carbonyl (C=O) groups excluding carboxylic acids is 1. The maximum Gasteiger partial charge on any atom is 0.227 e. The fourth-order valence-electron chi connectivity index (χ4n) is 4.83. The van der Waals surface area contributed by atoms with Crippen LogP contribution in [0.2, 0.25) is 0 Å². The minimum Gasteiger partial charge on any atom is -0.481 e. The fourth-order valence-corrected chi connectivity index (χ4v) is 4.83. The number of hydrogen-bond acceptors (Lipinski definition) is 5. The van der Waals surface area contributed by atoms with Crippen molar-refractivity contribution in [2.45, 2.75) is 26.8 Å². The Morgan fingerprint density at radius 3 is 2.70 bits per heavy atom. The minimum absolute atomic E-state index is 0.117. The first-order chi connectivity index (χ1) is 16.0. The van der Waals surface area contributed by atoms with Crippen LogP contribution in [0.5, 0.6) is 5.88 Å². The van der Waals surface area contributed by atoms with Crippen LogP contribution in [0.1, 0.15) is 23.7 Å². The van der Waals surface area contributed by atoms with Gasteiger partial charge in [0.05, 0.1) is 24.3 Å². The molecule has 0 spiro atoms. The van der Waals surface area contributed by atoms with Gasteiger partial charge in [0.25, 0.3) is 0 Å². The predicted octanol–water partition coefficient (Wildman–Crippen LogP) is 3.32. The first kappa shape index (κ1) is 23.0. The summed E-state index contributed by atoms with van der Waals surface area (Å²) in [6.07, 6.45) is 4.36. The van der Waals surface area contributed by atoms with E-state index in [0.717, 1.165) is 47.9 Å². The molecule has 7 heteroatoms. The zero-order chi connectivity index (χ0) is 23.4. The predicted molar refractivity (Wildman–Crippen MR) is 129 cm³/mol. The molecule has 174 valence electrons. The Bertz CT molecular complexity index is 1100. The van der Waals surface area contributed by atoms with Gasteiger partial charge in [-0.15, -0.1) is 0 Å². The molecule has 0 aliphatic carbocycles. The topological polar surface area (TPSA) is 63.5 Å². The SMILES string of the molecule is CCN1CCN(Cc2c(C)nn(C)c2OC)CC(Cc2ccccc2-c2cccnc2)C1=O. The highest BCUT2D eigenvalue weighted by atomic mass is 16.5. The molecule has 1 amide bonds. The standard InChI is InChI=1S/C26H33N5O2/c1-5-31-14-13-30(18-24-19(2)28-29(3)26(24)33-4)17-22(25(31)32)15-20-9-6-7-11-23(20)21-10-8-12-27-16-21/h6-12,16,22H,5,13-15,17-18H2,1-4H3. The molecule has 0 radical (unpaired) electrons. The minimum atomic E-state index is -0.117. The zero-order valence-corrected chi connectivity index (χ0v) is 20.0. The summed E-state index contributed by atoms with van der Waals surface area (Å²) in [6, 6.07) is 12.4. The van der Waals surface area contributed by atoms with Crippen LogP contribution >= 0.6 is 0 Å². The Morgan fingerprint density at radius 1 is 1.15 bits per heavy atom. The molecule has 0 N–H and O–H groups in total. The molecule has 1 aliphatic heterocycles. The Kier molecular flexibility index (Phi) is 7.08. The number of carbonyl (C=O) groups is 1. The lowest BCUT2D eigenvalue weighted by molar-refractivity contribution is -0.134. The molecule has 3 heterocycles. The number of methoxy groups -OCH3 is 1. The summed E-state index contributed by atoms with van der Waals surface area (Å²) in [4.78, 5) is 22.1. The fraction of sp³-hybridized carbons (Fsp3) is 0.423. The largest absolute Gasteiger partial charge is 0.481 e. The van der Waals surface area contributed by atoms with Gasteiger partial charge in [-0.2, -0.15) is 5.10 Å². The van der Waals surface area contributed by atoms with Crippen LogP contribution in [0.25, 0.3) is 11.1 Å². The average molecular weight is 448 g/mol. The molecule has 4 rings (SSSR count). The van der Waals surface area contributed by atoms with Gasteiger partial charge in [-0.05, 0) is 37.5 Å². The van der Waals surface area contributed by atoms with Crippen LogP contribution in [0.15, 0.2) is 48.8 Å². The van der Waals surface area contributed by atoms with E-state index in [0.29, 0.717) is 19.5 Å². The van der Waals surface area contributed by atoms with E-state index < -0.39 is 0 Å². The molecule has 1 atom stereocenters. The second kappa shape index (κ2) is 10.2. The van der Waals surface area contributed by atoms with Crippen molar-refractivity contribution >= 4 is 5.91 Å². The van der Waals surface area contributed by atoms with Gasteiger partial charge in [0, 0.05) is 57.7 Å². The lowest BCUT2D eigenvalue weighted by Crippen LogP contribution is -2.37. The lowest BCUT2D eigenvalue weighted by Gasteiger charge is -2.24. The molecule has 1 aliphatic rings. The second-order valence-electron chi connectivity index (χ2n) is 8.65. The summed E-state index contributed by atoms with van der Waals surface area (Å²) in [7, 11) is 3.58. The van der Waals surface area contributed by atoms with E-state index in [9.17, 15) is 4.79 Å². The van der Waals surface area contributed by atoms with E-state index in [2.05, 4.69) is 46.2 Å². The van der Waals surface area contributed by atoms with Gasteiger partial charge >= 0.3 is 0 Å². The summed E-state index contributed by atoms with van der Waals surface area (Å²) in [5.41, 5.74) is 5.45. The van der Waals surface area contributed by atoms with Gasteiger partial charge in [-0.1, -0.05) is 30.3 Å². The van der Waals surface area contributed by atoms with E-state index in [1.807, 2.05) is 37.2 Å². The third kappa shape index (κ3) is 4.93. The van der Waals surface area contributed by atoms with Crippen molar-refractivity contribution in [2.24, 2.45) is 13.0 Å². The number of aryl methyl sites for hydroxylation is 2. The van der Waals surface area contributed by atoms with Gasteiger partial charge in [-0.3, -0.25) is 14.7 Å². The molecule has 2 aromatic heterocycles. The summed E-state index contributed by atoms with van der Waals surface area (Å²) < 4.78 is 7.40. The number of nitrogens with zero attached hydrogens (tertiary/aromatic N) is 5. The van der Waals surface area contributed by atoms with E-state index in [1.165, 1.54) is 5.56 Å². The van der Waals surface area contributed by atoms with E-state index in [4.69, 9.17) is 4.74 Å². The molecule has 0 bridgehead atoms. The number of amides is 1. The number of pyridine rings is 1. The molecular formula is C26H33N5O2. The van der Waals surface area contributed by atoms with Crippen LogP contribution in [-0.2, 0) is 24.8 Å². The molecule has 1 unspecified atom stereocenters. The number of rotatable bonds is 7. The van der Waals surface area contributed by atoms with E-state index in [-0.39, 0.29) is 11.8 Å². The Morgan fingerprint density at radius 2 is 1.97 bits per heavy atom. The highest BCUT2D eigenvalue weighted by molar-refractivity contribution is 5.80. The number of aromatic nitrogens is 3. The quantitative estimate of drug-likeness (QED) is 0.556. The Hall–Kier alpha value is -3.19. The average Bonchev–Trinajstić information content (AvgIpc) is 3.01. The number of benzene rings is 1. The van der Waals surface area contributed by atoms with Crippen LogP contribution < -0.4 is 4.74 Å². The molecule has 1 saturated heterocycles. The molecule has 33 heavy (non-hydrogen) atoms. The molecule has 3 aromatic rings. The van der Waals surface area contributed by atoms with Crippen molar-refractivity contribution in [3.8, 4) is 17.0 Å². The van der Waals surface area contributed by atoms with Gasteiger partial charge in [-0.25, -0.2) is 4.68 Å². The van der Waals surface area contributed by atoms with Crippen molar-refractivity contribution in [3.05, 3.63) is 65.6 Å². The molecule has 0 saturated carbocycles. The van der Waals surface area contributed by atoms with Crippen molar-refractivity contribution in [2.75, 3.05) is 33.3 Å². The van der Waals surface area contributed by atoms with Crippen molar-refractivity contribution < 1.29 is 9.53 Å². The molecule has 7 nitrogen and oxygen atoms in total. The summed E-state index contributed by atoms with van der Waals surface area (Å²) in [6.45, 7) is 7.78. The first-order valence-corrected chi connectivity index (χ1v) is 11.6. The number of likely N-dealkylation sites (N-methyl/N-ethyl adjacent to an activating group) is 1. The van der Waals surface area contributed by atoms with Crippen LogP contribution in [-0.4, -0.2) is 63.8 Å². The van der Waals surface area contributed by atoms with Gasteiger partial charge in [0.1, 0.15) is 0 Å². The number of ether oxygens (including phenoxy) is 1. The smallest absolute Gasteiger partial charge is 0.227 e. The summed E-state index contributed by atoms with van der Waals surface area (Å²) in [5.74, 6) is 0.901. The van der Waals surface area contributed by atoms with Crippen molar-refractivity contribution in [1.29, 1.82) is 0 Å². The third-order valence-electron chi connectivity index (χ3n) is 6.53. The van der Waals surface area contributed by atoms with Gasteiger partial charge < -0.3 is 9.64 Å². The monoisotopic (exact) mass is 447 g/mol. The molecule has 1 aromatic carbocycles. The Balaban J connectivity index is 1.61. The highest BCUT2D eigenvalue weighted by Gasteiger charge is 2.31.